The van der Waals surface area contributed by atoms with Gasteiger partial charge in [0, 0.05) is 24.7 Å². The molecule has 1 aromatic carbocycles. The Kier molecular flexibility index (Phi) is 4.28. The quantitative estimate of drug-likeness (QED) is 0.623. The fourth-order valence-electron chi connectivity index (χ4n) is 1.91. The van der Waals surface area contributed by atoms with Crippen molar-refractivity contribution in [1.29, 1.82) is 0 Å². The fourth-order valence-corrected chi connectivity index (χ4v) is 3.65. The van der Waals surface area contributed by atoms with E-state index in [1.54, 1.807) is 0 Å². The minimum absolute atomic E-state index is 0.0611. The van der Waals surface area contributed by atoms with E-state index in [4.69, 9.17) is 16.3 Å². The molecule has 1 aromatic rings. The summed E-state index contributed by atoms with van der Waals surface area (Å²) >= 11 is 5.90. The largest absolute Gasteiger partial charge is 0.379 e. The van der Waals surface area contributed by atoms with Crippen LogP contribution in [-0.4, -0.2) is 43.9 Å². The van der Waals surface area contributed by atoms with Gasteiger partial charge in [-0.25, -0.2) is 8.42 Å². The van der Waals surface area contributed by atoms with Gasteiger partial charge in [-0.1, -0.05) is 11.6 Å². The van der Waals surface area contributed by atoms with Crippen LogP contribution in [0.15, 0.2) is 17.0 Å². The van der Waals surface area contributed by atoms with Crippen molar-refractivity contribution in [2.45, 2.75) is 11.8 Å². The van der Waals surface area contributed by atoms with Gasteiger partial charge in [0.1, 0.15) is 0 Å². The Morgan fingerprint density at radius 2 is 1.95 bits per heavy atom. The second kappa shape index (κ2) is 5.65. The number of rotatable bonds is 3. The van der Waals surface area contributed by atoms with Crippen molar-refractivity contribution < 1.29 is 18.1 Å². The maximum atomic E-state index is 12.4. The van der Waals surface area contributed by atoms with E-state index in [0.717, 1.165) is 6.07 Å². The molecule has 0 bridgehead atoms. The molecule has 7 nitrogen and oxygen atoms in total. The molecule has 0 aromatic heterocycles. The van der Waals surface area contributed by atoms with Crippen LogP contribution in [-0.2, 0) is 14.8 Å². The zero-order valence-corrected chi connectivity index (χ0v) is 12.3. The molecule has 0 aliphatic carbocycles. The minimum Gasteiger partial charge on any atom is -0.379 e. The predicted octanol–water partition coefficient (Wildman–Crippen LogP) is 1.58. The molecule has 0 N–H and O–H groups in total. The highest BCUT2D eigenvalue weighted by molar-refractivity contribution is 7.89. The molecular formula is C11H13ClN2O5S. The number of hydrogen-bond acceptors (Lipinski definition) is 5. The Morgan fingerprint density at radius 3 is 2.50 bits per heavy atom. The molecule has 0 unspecified atom stereocenters. The van der Waals surface area contributed by atoms with Gasteiger partial charge in [0.15, 0.2) is 0 Å². The lowest BCUT2D eigenvalue weighted by atomic mass is 10.2. The Labute approximate surface area is 121 Å². The fraction of sp³-hybridized carbons (Fsp3) is 0.455. The van der Waals surface area contributed by atoms with Gasteiger partial charge in [-0.3, -0.25) is 10.1 Å². The molecule has 9 heteroatoms. The van der Waals surface area contributed by atoms with E-state index in [9.17, 15) is 18.5 Å². The van der Waals surface area contributed by atoms with Crippen LogP contribution >= 0.6 is 11.6 Å². The van der Waals surface area contributed by atoms with Crippen molar-refractivity contribution in [2.24, 2.45) is 0 Å². The number of nitro groups is 1. The third-order valence-electron chi connectivity index (χ3n) is 3.09. The van der Waals surface area contributed by atoms with Crippen LogP contribution in [0.2, 0.25) is 5.02 Å². The molecule has 0 atom stereocenters. The van der Waals surface area contributed by atoms with E-state index in [2.05, 4.69) is 0 Å². The lowest BCUT2D eigenvalue weighted by Crippen LogP contribution is -2.40. The van der Waals surface area contributed by atoms with Crippen LogP contribution in [0.1, 0.15) is 5.56 Å². The maximum Gasteiger partial charge on any atom is 0.275 e. The molecule has 1 aliphatic rings. The normalized spacial score (nSPS) is 17.1. The number of ether oxygens (including phenoxy) is 1. The lowest BCUT2D eigenvalue weighted by Gasteiger charge is -2.26. The lowest BCUT2D eigenvalue weighted by molar-refractivity contribution is -0.385. The highest BCUT2D eigenvalue weighted by atomic mass is 35.5. The SMILES string of the molecule is Cc1c(Cl)cc(S(=O)(=O)N2CCOCC2)cc1[N+](=O)[O-]. The Balaban J connectivity index is 2.49. The summed E-state index contributed by atoms with van der Waals surface area (Å²) in [4.78, 5) is 10.1. The first-order valence-electron chi connectivity index (χ1n) is 5.86. The van der Waals surface area contributed by atoms with Gasteiger partial charge in [0.05, 0.1) is 28.1 Å². The number of halogens is 1. The predicted molar refractivity (Wildman–Crippen MR) is 72.4 cm³/mol. The van der Waals surface area contributed by atoms with E-state index >= 15 is 0 Å². The topological polar surface area (TPSA) is 89.8 Å². The smallest absolute Gasteiger partial charge is 0.275 e. The molecule has 0 spiro atoms. The second-order valence-corrected chi connectivity index (χ2v) is 6.67. The van der Waals surface area contributed by atoms with Gasteiger partial charge in [-0.05, 0) is 13.0 Å². The molecule has 1 saturated heterocycles. The molecule has 0 saturated carbocycles. The zero-order valence-electron chi connectivity index (χ0n) is 10.7. The van der Waals surface area contributed by atoms with E-state index < -0.39 is 14.9 Å². The van der Waals surface area contributed by atoms with Crippen molar-refractivity contribution >= 4 is 27.3 Å². The molecule has 2 rings (SSSR count). The number of sulfonamides is 1. The van der Waals surface area contributed by atoms with Crippen LogP contribution in [0.25, 0.3) is 0 Å². The average Bonchev–Trinajstić information content (AvgIpc) is 2.42. The van der Waals surface area contributed by atoms with Crippen LogP contribution in [0.3, 0.4) is 0 Å². The highest BCUT2D eigenvalue weighted by Gasteiger charge is 2.29. The Bertz CT molecular complexity index is 640. The number of nitro benzene ring substituents is 1. The van der Waals surface area contributed by atoms with Crippen LogP contribution in [0.5, 0.6) is 0 Å². The first-order valence-corrected chi connectivity index (χ1v) is 7.68. The third kappa shape index (κ3) is 2.78. The van der Waals surface area contributed by atoms with Gasteiger partial charge in [0.2, 0.25) is 10.0 Å². The van der Waals surface area contributed by atoms with E-state index in [-0.39, 0.29) is 34.3 Å². The van der Waals surface area contributed by atoms with Crippen molar-refractivity contribution in [1.82, 2.24) is 4.31 Å². The van der Waals surface area contributed by atoms with Crippen LogP contribution in [0, 0.1) is 17.0 Å². The van der Waals surface area contributed by atoms with Gasteiger partial charge in [-0.15, -0.1) is 0 Å². The summed E-state index contributed by atoms with van der Waals surface area (Å²) in [5, 5.41) is 11.0. The molecular weight excluding hydrogens is 308 g/mol. The van der Waals surface area contributed by atoms with Crippen LogP contribution < -0.4 is 0 Å². The summed E-state index contributed by atoms with van der Waals surface area (Å²) in [5.41, 5.74) is -0.0538. The van der Waals surface area contributed by atoms with Gasteiger partial charge >= 0.3 is 0 Å². The second-order valence-electron chi connectivity index (χ2n) is 4.32. The van der Waals surface area contributed by atoms with Gasteiger partial charge < -0.3 is 4.74 Å². The van der Waals surface area contributed by atoms with E-state index in [0.29, 0.717) is 13.2 Å². The van der Waals surface area contributed by atoms with E-state index in [1.807, 2.05) is 0 Å². The molecule has 1 heterocycles. The molecule has 0 radical (unpaired) electrons. The van der Waals surface area contributed by atoms with E-state index in [1.165, 1.54) is 17.3 Å². The minimum atomic E-state index is -3.79. The average molecular weight is 321 g/mol. The number of morpholine rings is 1. The monoisotopic (exact) mass is 320 g/mol. The Morgan fingerprint density at radius 1 is 1.35 bits per heavy atom. The van der Waals surface area contributed by atoms with Crippen LogP contribution in [0.4, 0.5) is 5.69 Å². The van der Waals surface area contributed by atoms with Crippen molar-refractivity contribution in [3.05, 3.63) is 32.8 Å². The summed E-state index contributed by atoms with van der Waals surface area (Å²) in [6.07, 6.45) is 0. The number of hydrogen-bond donors (Lipinski definition) is 0. The number of benzene rings is 1. The third-order valence-corrected chi connectivity index (χ3v) is 5.36. The summed E-state index contributed by atoms with van der Waals surface area (Å²) in [7, 11) is -3.79. The van der Waals surface area contributed by atoms with Crippen molar-refractivity contribution in [2.75, 3.05) is 26.3 Å². The first kappa shape index (κ1) is 15.2. The molecule has 0 amide bonds. The standard InChI is InChI=1S/C11H13ClN2O5S/c1-8-10(12)6-9(7-11(8)14(15)16)20(17,18)13-2-4-19-5-3-13/h6-7H,2-5H2,1H3. The summed E-state index contributed by atoms with van der Waals surface area (Å²) < 4.78 is 31.2. The highest BCUT2D eigenvalue weighted by Crippen LogP contribution is 2.31. The molecule has 1 aliphatic heterocycles. The summed E-state index contributed by atoms with van der Waals surface area (Å²) in [6.45, 7) is 2.54. The molecule has 110 valence electrons. The van der Waals surface area contributed by atoms with Crippen molar-refractivity contribution in [3.63, 3.8) is 0 Å². The maximum absolute atomic E-state index is 12.4. The zero-order chi connectivity index (χ0) is 14.9. The van der Waals surface area contributed by atoms with Gasteiger partial charge in [-0.2, -0.15) is 4.31 Å². The van der Waals surface area contributed by atoms with Crippen molar-refractivity contribution in [3.8, 4) is 0 Å². The number of nitrogens with zero attached hydrogens (tertiary/aromatic N) is 2. The summed E-state index contributed by atoms with van der Waals surface area (Å²) in [6, 6.07) is 2.29. The molecule has 20 heavy (non-hydrogen) atoms. The molecule has 1 fully saturated rings. The first-order chi connectivity index (χ1) is 9.34. The Hall–Kier alpha value is -1.22. The van der Waals surface area contributed by atoms with Gasteiger partial charge in [0.25, 0.3) is 5.69 Å². The summed E-state index contributed by atoms with van der Waals surface area (Å²) in [5.74, 6) is 0.